The van der Waals surface area contributed by atoms with Crippen molar-refractivity contribution in [1.29, 1.82) is 0 Å². The molecular formula is C14H16N4S. The van der Waals surface area contributed by atoms with E-state index in [1.54, 1.807) is 10.9 Å². The van der Waals surface area contributed by atoms with Crippen molar-refractivity contribution in [2.24, 2.45) is 5.10 Å². The van der Waals surface area contributed by atoms with E-state index < -0.39 is 0 Å². The summed E-state index contributed by atoms with van der Waals surface area (Å²) < 4.78 is 2.18. The third-order valence-electron chi connectivity index (χ3n) is 2.55. The van der Waals surface area contributed by atoms with E-state index in [1.165, 1.54) is 0 Å². The Balaban J connectivity index is 2.09. The Kier molecular flexibility index (Phi) is 4.80. The molecule has 19 heavy (non-hydrogen) atoms. The molecule has 0 fully saturated rings. The van der Waals surface area contributed by atoms with E-state index in [9.17, 15) is 0 Å². The molecule has 1 aromatic carbocycles. The van der Waals surface area contributed by atoms with Crippen LogP contribution in [0, 0.1) is 4.77 Å². The molecule has 5 heteroatoms. The number of aromatic amines is 1. The molecule has 1 heterocycles. The van der Waals surface area contributed by atoms with Crippen LogP contribution in [-0.2, 0) is 6.42 Å². The highest BCUT2D eigenvalue weighted by Crippen LogP contribution is 2.02. The number of nitrogens with one attached hydrogen (secondary N) is 1. The summed E-state index contributed by atoms with van der Waals surface area (Å²) in [6.07, 6.45) is 7.46. The van der Waals surface area contributed by atoms with Crippen molar-refractivity contribution >= 4 is 24.5 Å². The van der Waals surface area contributed by atoms with Crippen molar-refractivity contribution in [3.8, 4) is 0 Å². The zero-order valence-corrected chi connectivity index (χ0v) is 11.6. The molecule has 0 amide bonds. The van der Waals surface area contributed by atoms with Gasteiger partial charge in [-0.2, -0.15) is 14.9 Å². The summed E-state index contributed by atoms with van der Waals surface area (Å²) in [6, 6.07) is 10.1. The van der Waals surface area contributed by atoms with Crippen LogP contribution in [0.5, 0.6) is 0 Å². The van der Waals surface area contributed by atoms with Crippen LogP contribution in [0.2, 0.25) is 0 Å². The minimum Gasteiger partial charge on any atom is -0.250 e. The van der Waals surface area contributed by atoms with Gasteiger partial charge in [0.05, 0.1) is 0 Å². The smallest absolute Gasteiger partial charge is 0.216 e. The molecule has 0 bridgehead atoms. The number of H-pyrrole nitrogens is 1. The molecule has 0 radical (unpaired) electrons. The number of aromatic nitrogens is 3. The highest BCUT2D eigenvalue weighted by Gasteiger charge is 2.01. The second-order valence-corrected chi connectivity index (χ2v) is 4.43. The van der Waals surface area contributed by atoms with E-state index in [0.717, 1.165) is 24.2 Å². The summed E-state index contributed by atoms with van der Waals surface area (Å²) in [7, 11) is 0. The third kappa shape index (κ3) is 3.72. The lowest BCUT2D eigenvalue weighted by Crippen LogP contribution is -1.97. The van der Waals surface area contributed by atoms with Gasteiger partial charge in [0.1, 0.15) is 0 Å². The normalized spacial score (nSPS) is 11.6. The Hall–Kier alpha value is -2.01. The molecule has 2 aromatic rings. The van der Waals surface area contributed by atoms with Gasteiger partial charge in [0.2, 0.25) is 4.77 Å². The molecule has 0 aliphatic rings. The summed E-state index contributed by atoms with van der Waals surface area (Å²) >= 11 is 5.14. The maximum atomic E-state index is 5.14. The molecule has 4 nitrogen and oxygen atoms in total. The molecule has 98 valence electrons. The fourth-order valence-electron chi connectivity index (χ4n) is 1.65. The minimum absolute atomic E-state index is 0.521. The maximum absolute atomic E-state index is 5.14. The van der Waals surface area contributed by atoms with Crippen LogP contribution in [0.3, 0.4) is 0 Å². The fourth-order valence-corrected chi connectivity index (χ4v) is 1.85. The van der Waals surface area contributed by atoms with E-state index in [4.69, 9.17) is 12.2 Å². The van der Waals surface area contributed by atoms with Crippen LogP contribution >= 0.6 is 12.2 Å². The first-order chi connectivity index (χ1) is 9.31. The molecule has 0 saturated heterocycles. The summed E-state index contributed by atoms with van der Waals surface area (Å²) in [5, 5.41) is 11.2. The van der Waals surface area contributed by atoms with E-state index >= 15 is 0 Å². The molecule has 0 unspecified atom stereocenters. The first-order valence-corrected chi connectivity index (χ1v) is 6.64. The molecule has 1 aromatic heterocycles. The largest absolute Gasteiger partial charge is 0.250 e. The Morgan fingerprint density at radius 3 is 2.89 bits per heavy atom. The molecule has 0 saturated carbocycles. The van der Waals surface area contributed by atoms with Gasteiger partial charge in [-0.1, -0.05) is 43.3 Å². The van der Waals surface area contributed by atoms with Gasteiger partial charge in [0.25, 0.3) is 0 Å². The third-order valence-corrected chi connectivity index (χ3v) is 2.81. The summed E-state index contributed by atoms with van der Waals surface area (Å²) in [5.41, 5.74) is 1.14. The highest BCUT2D eigenvalue weighted by atomic mass is 32.1. The monoisotopic (exact) mass is 272 g/mol. The zero-order chi connectivity index (χ0) is 13.5. The lowest BCUT2D eigenvalue weighted by atomic mass is 10.2. The van der Waals surface area contributed by atoms with Crippen molar-refractivity contribution in [2.45, 2.75) is 19.8 Å². The SMILES string of the molecule is CCCc1n[nH]c(=S)n1/N=C/C=C\c1ccccc1. The van der Waals surface area contributed by atoms with Gasteiger partial charge < -0.3 is 0 Å². The Bertz CT molecular complexity index is 622. The standard InChI is InChI=1S/C14H16N4S/c1-2-7-13-16-17-14(19)18(13)15-11-6-10-12-8-4-3-5-9-12/h3-6,8-11H,2,7H2,1H3,(H,17,19)/b10-6-,15-11+. The van der Waals surface area contributed by atoms with E-state index in [1.807, 2.05) is 42.5 Å². The average Bonchev–Trinajstić information content (AvgIpc) is 2.78. The number of allylic oxidation sites excluding steroid dienone is 1. The van der Waals surface area contributed by atoms with Gasteiger partial charge in [0.15, 0.2) is 5.82 Å². The lowest BCUT2D eigenvalue weighted by Gasteiger charge is -1.96. The van der Waals surface area contributed by atoms with Gasteiger partial charge in [-0.05, 0) is 30.3 Å². The summed E-state index contributed by atoms with van der Waals surface area (Å²) in [6.45, 7) is 2.10. The van der Waals surface area contributed by atoms with Crippen LogP contribution in [0.1, 0.15) is 24.7 Å². The van der Waals surface area contributed by atoms with Gasteiger partial charge in [0, 0.05) is 12.6 Å². The number of rotatable bonds is 5. The number of hydrogen-bond acceptors (Lipinski definition) is 3. The predicted molar refractivity (Wildman–Crippen MR) is 80.8 cm³/mol. The summed E-state index contributed by atoms with van der Waals surface area (Å²) in [4.78, 5) is 0. The zero-order valence-electron chi connectivity index (χ0n) is 10.8. The average molecular weight is 272 g/mol. The van der Waals surface area contributed by atoms with Crippen LogP contribution in [0.4, 0.5) is 0 Å². The van der Waals surface area contributed by atoms with Crippen molar-refractivity contribution < 1.29 is 0 Å². The van der Waals surface area contributed by atoms with Gasteiger partial charge in [-0.15, -0.1) is 0 Å². The number of nitrogens with zero attached hydrogens (tertiary/aromatic N) is 3. The number of benzene rings is 1. The van der Waals surface area contributed by atoms with Gasteiger partial charge in [-0.25, -0.2) is 0 Å². The minimum atomic E-state index is 0.521. The van der Waals surface area contributed by atoms with Crippen molar-refractivity contribution in [1.82, 2.24) is 14.9 Å². The first-order valence-electron chi connectivity index (χ1n) is 6.23. The molecule has 0 spiro atoms. The van der Waals surface area contributed by atoms with Crippen LogP contribution in [-0.4, -0.2) is 21.1 Å². The second kappa shape index (κ2) is 6.80. The predicted octanol–water partition coefficient (Wildman–Crippen LogP) is 3.44. The van der Waals surface area contributed by atoms with Crippen LogP contribution in [0.15, 0.2) is 41.5 Å². The Morgan fingerprint density at radius 2 is 2.16 bits per heavy atom. The van der Waals surface area contributed by atoms with Crippen molar-refractivity contribution in [3.63, 3.8) is 0 Å². The summed E-state index contributed by atoms with van der Waals surface area (Å²) in [5.74, 6) is 0.858. The van der Waals surface area contributed by atoms with Crippen molar-refractivity contribution in [3.05, 3.63) is 52.6 Å². The van der Waals surface area contributed by atoms with Crippen LogP contribution < -0.4 is 0 Å². The molecule has 2 rings (SSSR count). The van der Waals surface area contributed by atoms with E-state index in [-0.39, 0.29) is 0 Å². The Labute approximate surface area is 117 Å². The second-order valence-electron chi connectivity index (χ2n) is 4.04. The highest BCUT2D eigenvalue weighted by molar-refractivity contribution is 7.71. The topological polar surface area (TPSA) is 46.0 Å². The first kappa shape index (κ1) is 13.4. The molecular weight excluding hydrogens is 256 g/mol. The van der Waals surface area contributed by atoms with Crippen molar-refractivity contribution in [2.75, 3.05) is 0 Å². The quantitative estimate of drug-likeness (QED) is 0.669. The molecule has 1 N–H and O–H groups in total. The lowest BCUT2D eigenvalue weighted by molar-refractivity contribution is 0.740. The number of hydrogen-bond donors (Lipinski definition) is 1. The molecule has 0 aliphatic heterocycles. The Morgan fingerprint density at radius 1 is 1.37 bits per heavy atom. The van der Waals surface area contributed by atoms with E-state index in [2.05, 4.69) is 22.2 Å². The van der Waals surface area contributed by atoms with Gasteiger partial charge >= 0.3 is 0 Å². The fraction of sp³-hybridized carbons (Fsp3) is 0.214. The van der Waals surface area contributed by atoms with Gasteiger partial charge in [-0.3, -0.25) is 5.10 Å². The molecule has 0 aliphatic carbocycles. The van der Waals surface area contributed by atoms with E-state index in [0.29, 0.717) is 4.77 Å². The number of aryl methyl sites for hydroxylation is 1. The molecule has 0 atom stereocenters. The maximum Gasteiger partial charge on any atom is 0.216 e. The van der Waals surface area contributed by atoms with Crippen LogP contribution in [0.25, 0.3) is 6.08 Å².